The van der Waals surface area contributed by atoms with Crippen LogP contribution >= 0.6 is 0 Å². The maximum atomic E-state index is 9.18. The molecule has 0 saturated carbocycles. The number of hydrogen-bond donors (Lipinski definition) is 1. The van der Waals surface area contributed by atoms with E-state index in [1.807, 2.05) is 32.9 Å². The molecule has 0 saturated heterocycles. The van der Waals surface area contributed by atoms with E-state index in [9.17, 15) is 5.11 Å². The number of aryl methyl sites for hydroxylation is 1. The van der Waals surface area contributed by atoms with Gasteiger partial charge in [-0.3, -0.25) is 4.99 Å². The Kier molecular flexibility index (Phi) is 5.30. The van der Waals surface area contributed by atoms with Crippen molar-refractivity contribution in [1.82, 2.24) is 0 Å². The maximum Gasteiger partial charge on any atom is 0.117 e. The van der Waals surface area contributed by atoms with Gasteiger partial charge in [-0.1, -0.05) is 32.1 Å². The molecule has 0 aliphatic heterocycles. The van der Waals surface area contributed by atoms with Crippen LogP contribution in [0.5, 0.6) is 0 Å². The van der Waals surface area contributed by atoms with Crippen LogP contribution in [-0.4, -0.2) is 11.8 Å². The first kappa shape index (κ1) is 12.4. The second-order valence-electron chi connectivity index (χ2n) is 2.63. The summed E-state index contributed by atoms with van der Waals surface area (Å²) in [6.45, 7) is 12.8. The van der Waals surface area contributed by atoms with Gasteiger partial charge in [0.1, 0.15) is 5.76 Å². The largest absolute Gasteiger partial charge is 0.508 e. The molecule has 1 N–H and O–H groups in total. The fraction of sp³-hybridized carbons (Fsp3) is 0.250. The molecule has 1 aromatic rings. The van der Waals surface area contributed by atoms with Crippen LogP contribution in [0.15, 0.2) is 29.8 Å². The van der Waals surface area contributed by atoms with Crippen LogP contribution in [0.4, 0.5) is 5.69 Å². The van der Waals surface area contributed by atoms with E-state index in [0.29, 0.717) is 11.3 Å². The van der Waals surface area contributed by atoms with Crippen molar-refractivity contribution in [1.29, 1.82) is 0 Å². The Morgan fingerprint density at radius 1 is 1.36 bits per heavy atom. The van der Waals surface area contributed by atoms with Crippen molar-refractivity contribution in [3.05, 3.63) is 35.9 Å². The summed E-state index contributed by atoms with van der Waals surface area (Å²) in [6, 6.07) is 5.54. The highest BCUT2D eigenvalue weighted by atomic mass is 16.3. The predicted octanol–water partition coefficient (Wildman–Crippen LogP) is 3.88. The third-order valence-electron chi connectivity index (χ3n) is 1.63. The number of nitrogens with zero attached hydrogens (tertiary/aromatic N) is 1. The summed E-state index contributed by atoms with van der Waals surface area (Å²) in [6.07, 6.45) is 0. The Morgan fingerprint density at radius 3 is 2.36 bits per heavy atom. The Balaban J connectivity index is 0.000000791. The minimum absolute atomic E-state index is 0.0288. The highest BCUT2D eigenvalue weighted by Gasteiger charge is 2.02. The van der Waals surface area contributed by atoms with Crippen molar-refractivity contribution in [2.24, 2.45) is 4.99 Å². The molecule has 0 spiro atoms. The summed E-state index contributed by atoms with van der Waals surface area (Å²) in [7, 11) is 0. The lowest BCUT2D eigenvalue weighted by Crippen LogP contribution is -1.83. The van der Waals surface area contributed by atoms with Crippen LogP contribution < -0.4 is 0 Å². The molecule has 1 rings (SSSR count). The molecular weight excluding hydrogens is 174 g/mol. The number of aliphatic hydroxyl groups is 1. The summed E-state index contributed by atoms with van der Waals surface area (Å²) in [5.41, 5.74) is 2.37. The second kappa shape index (κ2) is 5.97. The highest BCUT2D eigenvalue weighted by molar-refractivity contribution is 5.70. The zero-order valence-corrected chi connectivity index (χ0v) is 9.04. The summed E-state index contributed by atoms with van der Waals surface area (Å²) in [4.78, 5) is 3.76. The van der Waals surface area contributed by atoms with Crippen molar-refractivity contribution in [2.75, 3.05) is 0 Å². The molecule has 0 heterocycles. The van der Waals surface area contributed by atoms with Gasteiger partial charge in [-0.25, -0.2) is 0 Å². The molecule has 0 fully saturated rings. The van der Waals surface area contributed by atoms with Crippen molar-refractivity contribution in [3.8, 4) is 0 Å². The van der Waals surface area contributed by atoms with Gasteiger partial charge in [0.2, 0.25) is 0 Å². The fourth-order valence-electron chi connectivity index (χ4n) is 1.02. The van der Waals surface area contributed by atoms with E-state index in [-0.39, 0.29) is 5.76 Å². The number of benzene rings is 1. The number of hydrogen-bond acceptors (Lipinski definition) is 2. The van der Waals surface area contributed by atoms with Gasteiger partial charge in [0.05, 0.1) is 5.69 Å². The van der Waals surface area contributed by atoms with Crippen LogP contribution in [0.25, 0.3) is 5.76 Å². The van der Waals surface area contributed by atoms with Crippen LogP contribution in [0.1, 0.15) is 25.0 Å². The molecule has 0 radical (unpaired) electrons. The van der Waals surface area contributed by atoms with Crippen molar-refractivity contribution >= 4 is 18.2 Å². The first-order valence-corrected chi connectivity index (χ1v) is 4.61. The molecule has 0 aromatic heterocycles. The first-order chi connectivity index (χ1) is 6.65. The van der Waals surface area contributed by atoms with Crippen molar-refractivity contribution in [2.45, 2.75) is 20.8 Å². The lowest BCUT2D eigenvalue weighted by atomic mass is 10.1. The van der Waals surface area contributed by atoms with E-state index in [4.69, 9.17) is 0 Å². The normalized spacial score (nSPS) is 8.50. The molecule has 1 aromatic carbocycles. The third-order valence-corrected chi connectivity index (χ3v) is 1.63. The van der Waals surface area contributed by atoms with Gasteiger partial charge in [-0.2, -0.15) is 0 Å². The Morgan fingerprint density at radius 2 is 1.93 bits per heavy atom. The lowest BCUT2D eigenvalue weighted by Gasteiger charge is -2.03. The van der Waals surface area contributed by atoms with Crippen LogP contribution in [0.2, 0.25) is 0 Å². The predicted molar refractivity (Wildman–Crippen MR) is 63.4 cm³/mol. The molecule has 2 nitrogen and oxygen atoms in total. The molecule has 76 valence electrons. The lowest BCUT2D eigenvalue weighted by molar-refractivity contribution is 0.514. The van der Waals surface area contributed by atoms with Gasteiger partial charge in [0.25, 0.3) is 0 Å². The van der Waals surface area contributed by atoms with Gasteiger partial charge < -0.3 is 5.11 Å². The summed E-state index contributed by atoms with van der Waals surface area (Å²) in [5, 5.41) is 9.18. The summed E-state index contributed by atoms with van der Waals surface area (Å²) in [5.74, 6) is 0.0288. The van der Waals surface area contributed by atoms with E-state index < -0.39 is 0 Å². The Bertz CT molecular complexity index is 329. The number of aliphatic imine (C=N–C) groups is 1. The van der Waals surface area contributed by atoms with Crippen LogP contribution in [0, 0.1) is 6.92 Å². The number of aliphatic hydroxyl groups excluding tert-OH is 1. The quantitative estimate of drug-likeness (QED) is 0.558. The van der Waals surface area contributed by atoms with Crippen molar-refractivity contribution in [3.63, 3.8) is 0 Å². The SMILES string of the molecule is C=Nc1ccc(C)cc1C(=C)O.CC. The first-order valence-electron chi connectivity index (χ1n) is 4.61. The second-order valence-corrected chi connectivity index (χ2v) is 2.63. The van der Waals surface area contributed by atoms with Gasteiger partial charge in [0.15, 0.2) is 0 Å². The van der Waals surface area contributed by atoms with Gasteiger partial charge in [-0.05, 0) is 25.8 Å². The third kappa shape index (κ3) is 3.05. The van der Waals surface area contributed by atoms with E-state index in [0.717, 1.165) is 5.56 Å². The average Bonchev–Trinajstić information content (AvgIpc) is 2.20. The van der Waals surface area contributed by atoms with Gasteiger partial charge in [0, 0.05) is 5.56 Å². The van der Waals surface area contributed by atoms with Crippen LogP contribution in [0.3, 0.4) is 0 Å². The zero-order valence-electron chi connectivity index (χ0n) is 9.04. The molecule has 0 amide bonds. The monoisotopic (exact) mass is 191 g/mol. The van der Waals surface area contributed by atoms with Gasteiger partial charge >= 0.3 is 0 Å². The molecular formula is C12H17NO. The van der Waals surface area contributed by atoms with E-state index in [1.165, 1.54) is 0 Å². The summed E-state index contributed by atoms with van der Waals surface area (Å²) < 4.78 is 0. The average molecular weight is 191 g/mol. The minimum atomic E-state index is 0.0288. The topological polar surface area (TPSA) is 32.6 Å². The highest BCUT2D eigenvalue weighted by Crippen LogP contribution is 2.24. The molecule has 14 heavy (non-hydrogen) atoms. The molecule has 0 bridgehead atoms. The Labute approximate surface area is 85.6 Å². The van der Waals surface area contributed by atoms with Gasteiger partial charge in [-0.15, -0.1) is 0 Å². The van der Waals surface area contributed by atoms with E-state index in [1.54, 1.807) is 6.07 Å². The van der Waals surface area contributed by atoms with E-state index >= 15 is 0 Å². The minimum Gasteiger partial charge on any atom is -0.508 e. The van der Waals surface area contributed by atoms with Crippen molar-refractivity contribution < 1.29 is 5.11 Å². The zero-order chi connectivity index (χ0) is 11.1. The smallest absolute Gasteiger partial charge is 0.117 e. The Hall–Kier alpha value is -1.57. The molecule has 0 atom stereocenters. The fourth-order valence-corrected chi connectivity index (χ4v) is 1.02. The summed E-state index contributed by atoms with van der Waals surface area (Å²) >= 11 is 0. The maximum absolute atomic E-state index is 9.18. The standard InChI is InChI=1S/C10H11NO.C2H6/c1-7-4-5-10(11-3)9(6-7)8(2)12;1-2/h4-6,12H,2-3H2,1H3;1-2H3. The number of rotatable bonds is 2. The molecule has 0 unspecified atom stereocenters. The van der Waals surface area contributed by atoms with Crippen LogP contribution in [-0.2, 0) is 0 Å². The molecule has 2 heteroatoms. The van der Waals surface area contributed by atoms with E-state index in [2.05, 4.69) is 18.3 Å². The molecule has 0 aliphatic carbocycles. The molecule has 0 aliphatic rings.